The number of alkyl halides is 2. The summed E-state index contributed by atoms with van der Waals surface area (Å²) in [6.07, 6.45) is 2.11. The predicted octanol–water partition coefficient (Wildman–Crippen LogP) is 3.78. The number of carbonyl (C=O) groups is 2. The molecule has 1 atom stereocenters. The number of aromatic nitrogens is 1. The summed E-state index contributed by atoms with van der Waals surface area (Å²) in [6, 6.07) is 11.4. The third-order valence-electron chi connectivity index (χ3n) is 5.17. The third kappa shape index (κ3) is 6.21. The number of benzene rings is 2. The molecule has 9 heteroatoms. The van der Waals surface area contributed by atoms with E-state index in [4.69, 9.17) is 4.74 Å². The van der Waals surface area contributed by atoms with Crippen molar-refractivity contribution in [2.45, 2.75) is 39.5 Å². The van der Waals surface area contributed by atoms with Crippen molar-refractivity contribution >= 4 is 22.7 Å². The van der Waals surface area contributed by atoms with Crippen LogP contribution in [0.1, 0.15) is 25.0 Å². The van der Waals surface area contributed by atoms with E-state index in [1.54, 1.807) is 19.9 Å². The lowest BCUT2D eigenvalue weighted by Gasteiger charge is -2.20. The average Bonchev–Trinajstić information content (AvgIpc) is 3.19. The van der Waals surface area contributed by atoms with Gasteiger partial charge in [0.1, 0.15) is 6.04 Å². The molecule has 176 valence electrons. The zero-order valence-electron chi connectivity index (χ0n) is 18.7. The number of aromatic amines is 1. The van der Waals surface area contributed by atoms with Gasteiger partial charge in [-0.15, -0.1) is 0 Å². The maximum absolute atomic E-state index is 13.0. The third-order valence-corrected chi connectivity index (χ3v) is 5.17. The van der Waals surface area contributed by atoms with Gasteiger partial charge in [0.05, 0.1) is 7.11 Å². The van der Waals surface area contributed by atoms with Gasteiger partial charge in [0.2, 0.25) is 11.8 Å². The van der Waals surface area contributed by atoms with Crippen molar-refractivity contribution in [3.05, 3.63) is 59.8 Å². The molecular formula is C24H27F2N3O4. The van der Waals surface area contributed by atoms with E-state index in [2.05, 4.69) is 20.4 Å². The summed E-state index contributed by atoms with van der Waals surface area (Å²) in [7, 11) is 1.35. The summed E-state index contributed by atoms with van der Waals surface area (Å²) in [6.45, 7) is 0.552. The summed E-state index contributed by atoms with van der Waals surface area (Å²) >= 11 is 0. The molecule has 0 radical (unpaired) electrons. The van der Waals surface area contributed by atoms with Crippen LogP contribution in [0.4, 0.5) is 8.78 Å². The molecule has 2 aromatic carbocycles. The van der Waals surface area contributed by atoms with E-state index in [0.29, 0.717) is 5.56 Å². The van der Waals surface area contributed by atoms with Crippen molar-refractivity contribution in [3.63, 3.8) is 0 Å². The Morgan fingerprint density at radius 2 is 1.82 bits per heavy atom. The highest BCUT2D eigenvalue weighted by Gasteiger charge is 2.24. The van der Waals surface area contributed by atoms with Gasteiger partial charge in [0.15, 0.2) is 11.5 Å². The Kier molecular flexibility index (Phi) is 7.87. The van der Waals surface area contributed by atoms with Crippen LogP contribution in [0.3, 0.4) is 0 Å². The zero-order chi connectivity index (χ0) is 24.0. The van der Waals surface area contributed by atoms with Gasteiger partial charge >= 0.3 is 6.61 Å². The highest BCUT2D eigenvalue weighted by atomic mass is 19.3. The van der Waals surface area contributed by atoms with Crippen LogP contribution in [0.2, 0.25) is 0 Å². The summed E-state index contributed by atoms with van der Waals surface area (Å²) in [5.74, 6) is -0.887. The molecule has 0 aliphatic carbocycles. The van der Waals surface area contributed by atoms with Crippen LogP contribution < -0.4 is 20.1 Å². The van der Waals surface area contributed by atoms with Crippen LogP contribution in [0.5, 0.6) is 11.5 Å². The van der Waals surface area contributed by atoms with E-state index in [9.17, 15) is 18.4 Å². The smallest absolute Gasteiger partial charge is 0.387 e. The lowest BCUT2D eigenvalue weighted by Crippen LogP contribution is -2.48. The second kappa shape index (κ2) is 10.8. The van der Waals surface area contributed by atoms with Gasteiger partial charge in [-0.05, 0) is 29.3 Å². The number of hydrogen-bond acceptors (Lipinski definition) is 4. The molecule has 7 nitrogen and oxygen atoms in total. The highest BCUT2D eigenvalue weighted by molar-refractivity contribution is 5.90. The minimum Gasteiger partial charge on any atom is -0.493 e. The van der Waals surface area contributed by atoms with Crippen molar-refractivity contribution in [1.29, 1.82) is 0 Å². The molecule has 2 amide bonds. The minimum absolute atomic E-state index is 0.0599. The number of methoxy groups -OCH3 is 1. The van der Waals surface area contributed by atoms with Crippen molar-refractivity contribution in [2.75, 3.05) is 7.11 Å². The molecule has 3 aromatic rings. The van der Waals surface area contributed by atoms with Gasteiger partial charge in [-0.25, -0.2) is 0 Å². The van der Waals surface area contributed by atoms with E-state index in [0.717, 1.165) is 16.5 Å². The fourth-order valence-corrected chi connectivity index (χ4v) is 3.40. The Bertz CT molecular complexity index is 1110. The topological polar surface area (TPSA) is 92.5 Å². The SMILES string of the molecule is COc1ccc(CNC(=O)C(Cc2c[nH]c3ccccc23)NC(=O)C(C)C)cc1OC(F)F. The molecule has 1 heterocycles. The van der Waals surface area contributed by atoms with Gasteiger partial charge in [-0.2, -0.15) is 8.78 Å². The molecule has 0 saturated carbocycles. The first-order valence-electron chi connectivity index (χ1n) is 10.5. The van der Waals surface area contributed by atoms with E-state index < -0.39 is 12.7 Å². The maximum Gasteiger partial charge on any atom is 0.387 e. The monoisotopic (exact) mass is 459 g/mol. The Morgan fingerprint density at radius 1 is 1.06 bits per heavy atom. The number of nitrogens with one attached hydrogen (secondary N) is 3. The normalized spacial score (nSPS) is 12.1. The molecule has 3 rings (SSSR count). The van der Waals surface area contributed by atoms with Crippen LogP contribution in [0.25, 0.3) is 10.9 Å². The molecule has 1 aromatic heterocycles. The molecule has 0 saturated heterocycles. The zero-order valence-corrected chi connectivity index (χ0v) is 18.7. The van der Waals surface area contributed by atoms with Crippen LogP contribution >= 0.6 is 0 Å². The van der Waals surface area contributed by atoms with Crippen LogP contribution in [0.15, 0.2) is 48.7 Å². The minimum atomic E-state index is -3.00. The van der Waals surface area contributed by atoms with Crippen LogP contribution in [-0.2, 0) is 22.6 Å². The largest absolute Gasteiger partial charge is 0.493 e. The van der Waals surface area contributed by atoms with Gasteiger partial charge in [-0.3, -0.25) is 9.59 Å². The fourth-order valence-electron chi connectivity index (χ4n) is 3.40. The molecule has 0 aliphatic heterocycles. The number of carbonyl (C=O) groups excluding carboxylic acids is 2. The number of halogens is 2. The summed E-state index contributed by atoms with van der Waals surface area (Å²) in [5, 5.41) is 6.55. The first-order chi connectivity index (χ1) is 15.8. The van der Waals surface area contributed by atoms with Crippen LogP contribution in [0, 0.1) is 5.92 Å². The molecule has 0 aliphatic rings. The molecule has 3 N–H and O–H groups in total. The lowest BCUT2D eigenvalue weighted by atomic mass is 10.0. The van der Waals surface area contributed by atoms with Crippen molar-refractivity contribution in [1.82, 2.24) is 15.6 Å². The van der Waals surface area contributed by atoms with E-state index in [1.165, 1.54) is 19.2 Å². The number of rotatable bonds is 10. The van der Waals surface area contributed by atoms with E-state index in [-0.39, 0.29) is 42.2 Å². The van der Waals surface area contributed by atoms with Gasteiger partial charge < -0.3 is 25.1 Å². The standard InChI is InChI=1S/C24H27F2N3O4/c1-14(2)22(30)29-19(11-16-13-27-18-7-5-4-6-17(16)18)23(31)28-12-15-8-9-20(32-3)21(10-15)33-24(25)26/h4-10,13-14,19,24,27H,11-12H2,1-3H3,(H,28,31)(H,29,30). The number of ether oxygens (including phenoxy) is 2. The van der Waals surface area contributed by atoms with Crippen molar-refractivity contribution < 1.29 is 27.8 Å². The molecule has 1 unspecified atom stereocenters. The number of para-hydroxylation sites is 1. The first-order valence-corrected chi connectivity index (χ1v) is 10.5. The maximum atomic E-state index is 13.0. The highest BCUT2D eigenvalue weighted by Crippen LogP contribution is 2.29. The second-order valence-electron chi connectivity index (χ2n) is 7.86. The Labute approximate surface area is 190 Å². The summed E-state index contributed by atoms with van der Waals surface area (Å²) < 4.78 is 34.9. The number of fused-ring (bicyclic) bond motifs is 1. The first kappa shape index (κ1) is 24.0. The van der Waals surface area contributed by atoms with E-state index >= 15 is 0 Å². The second-order valence-corrected chi connectivity index (χ2v) is 7.86. The molecule has 0 spiro atoms. The fraction of sp³-hybridized carbons (Fsp3) is 0.333. The number of amides is 2. The predicted molar refractivity (Wildman–Crippen MR) is 120 cm³/mol. The lowest BCUT2D eigenvalue weighted by molar-refractivity contribution is -0.130. The Balaban J connectivity index is 1.75. The summed E-state index contributed by atoms with van der Waals surface area (Å²) in [4.78, 5) is 28.5. The van der Waals surface area contributed by atoms with Gasteiger partial charge in [-0.1, -0.05) is 38.1 Å². The van der Waals surface area contributed by atoms with Crippen LogP contribution in [-0.4, -0.2) is 36.6 Å². The van der Waals surface area contributed by atoms with Gasteiger partial charge in [0.25, 0.3) is 0 Å². The Morgan fingerprint density at radius 3 is 2.52 bits per heavy atom. The number of H-pyrrole nitrogens is 1. The quantitative estimate of drug-likeness (QED) is 0.430. The molecule has 0 fully saturated rings. The molecule has 0 bridgehead atoms. The molecular weight excluding hydrogens is 432 g/mol. The van der Waals surface area contributed by atoms with Crippen molar-refractivity contribution in [2.24, 2.45) is 5.92 Å². The van der Waals surface area contributed by atoms with Crippen molar-refractivity contribution in [3.8, 4) is 11.5 Å². The molecule has 33 heavy (non-hydrogen) atoms. The number of hydrogen-bond donors (Lipinski definition) is 3. The van der Waals surface area contributed by atoms with Gasteiger partial charge in [0, 0.05) is 36.0 Å². The summed E-state index contributed by atoms with van der Waals surface area (Å²) in [5.41, 5.74) is 2.37. The Hall–Kier alpha value is -3.62. The van der Waals surface area contributed by atoms with E-state index in [1.807, 2.05) is 30.5 Å². The average molecular weight is 459 g/mol.